The van der Waals surface area contributed by atoms with E-state index in [9.17, 15) is 0 Å². The van der Waals surface area contributed by atoms with Crippen LogP contribution in [0.3, 0.4) is 0 Å². The van der Waals surface area contributed by atoms with Crippen LogP contribution in [0.4, 0.5) is 0 Å². The Morgan fingerprint density at radius 1 is 0.283 bits per heavy atom. The van der Waals surface area contributed by atoms with Crippen molar-refractivity contribution in [2.24, 2.45) is 0 Å². The summed E-state index contributed by atoms with van der Waals surface area (Å²) in [5, 5.41) is 7.88. The minimum atomic E-state index is 1.19. The van der Waals surface area contributed by atoms with E-state index in [0.29, 0.717) is 0 Å². The quantitative estimate of drug-likeness (QED) is 0.168. The molecule has 0 N–H and O–H groups in total. The van der Waals surface area contributed by atoms with Gasteiger partial charge in [0, 0.05) is 16.5 Å². The lowest BCUT2D eigenvalue weighted by Gasteiger charge is -2.08. The van der Waals surface area contributed by atoms with Crippen LogP contribution in [-0.4, -0.2) is 4.57 Å². The summed E-state index contributed by atoms with van der Waals surface area (Å²) in [4.78, 5) is 0. The van der Waals surface area contributed by atoms with Gasteiger partial charge in [-0.05, 0) is 118 Å². The van der Waals surface area contributed by atoms with E-state index in [0.717, 1.165) is 0 Å². The van der Waals surface area contributed by atoms with Gasteiger partial charge in [-0.15, -0.1) is 0 Å². The maximum atomic E-state index is 2.38. The highest BCUT2D eigenvalue weighted by atomic mass is 15.0. The van der Waals surface area contributed by atoms with E-state index in [1.54, 1.807) is 0 Å². The molecule has 0 aliphatic carbocycles. The molecule has 0 amide bonds. The summed E-state index contributed by atoms with van der Waals surface area (Å²) in [6.07, 6.45) is 0. The molecule has 10 aromatic carbocycles. The van der Waals surface area contributed by atoms with Crippen molar-refractivity contribution in [2.75, 3.05) is 0 Å². The first-order valence-corrected chi connectivity index (χ1v) is 20.8. The Kier molecular flexibility index (Phi) is 10.9. The van der Waals surface area contributed by atoms with Gasteiger partial charge in [0.05, 0.1) is 11.0 Å². The molecular formula is C59H47N. The van der Waals surface area contributed by atoms with E-state index in [-0.39, 0.29) is 0 Å². The second-order valence-corrected chi connectivity index (χ2v) is 15.6. The Morgan fingerprint density at radius 3 is 1.37 bits per heavy atom. The average molecular weight is 770 g/mol. The summed E-state index contributed by atoms with van der Waals surface area (Å²) in [7, 11) is 0. The number of hydrogen-bond donors (Lipinski definition) is 0. The van der Waals surface area contributed by atoms with E-state index in [1.807, 2.05) is 6.07 Å². The molecule has 1 heterocycles. The van der Waals surface area contributed by atoms with Crippen LogP contribution in [0.2, 0.25) is 0 Å². The summed E-state index contributed by atoms with van der Waals surface area (Å²) in [6, 6.07) is 82.2. The zero-order valence-corrected chi connectivity index (χ0v) is 34.4. The lowest BCUT2D eigenvalue weighted by Crippen LogP contribution is -1.93. The number of hydrogen-bond acceptors (Lipinski definition) is 0. The normalized spacial score (nSPS) is 10.9. The summed E-state index contributed by atoms with van der Waals surface area (Å²) >= 11 is 0. The second kappa shape index (κ2) is 17.2. The number of aromatic nitrogens is 1. The van der Waals surface area contributed by atoms with Crippen molar-refractivity contribution in [1.29, 1.82) is 0 Å². The Morgan fingerprint density at radius 2 is 0.733 bits per heavy atom. The van der Waals surface area contributed by atoms with Crippen molar-refractivity contribution in [2.45, 2.75) is 20.8 Å². The number of benzene rings is 10. The van der Waals surface area contributed by atoms with Crippen molar-refractivity contribution in [3.05, 3.63) is 247 Å². The molecule has 11 aromatic rings. The van der Waals surface area contributed by atoms with Gasteiger partial charge in [-0.3, -0.25) is 0 Å². The molecule has 0 radical (unpaired) electrons. The van der Waals surface area contributed by atoms with Gasteiger partial charge in [-0.25, -0.2) is 0 Å². The van der Waals surface area contributed by atoms with Crippen LogP contribution in [0.5, 0.6) is 0 Å². The molecule has 0 saturated heterocycles. The lowest BCUT2D eigenvalue weighted by molar-refractivity contribution is 1.18. The van der Waals surface area contributed by atoms with E-state index in [1.165, 1.54) is 99.1 Å². The van der Waals surface area contributed by atoms with Crippen LogP contribution >= 0.6 is 0 Å². The highest BCUT2D eigenvalue weighted by Gasteiger charge is 2.15. The zero-order chi connectivity index (χ0) is 40.8. The fraction of sp³-hybridized carbons (Fsp3) is 0.0508. The van der Waals surface area contributed by atoms with Gasteiger partial charge in [0.25, 0.3) is 0 Å². The van der Waals surface area contributed by atoms with Crippen molar-refractivity contribution in [1.82, 2.24) is 4.57 Å². The van der Waals surface area contributed by atoms with Crippen LogP contribution in [0.25, 0.3) is 82.4 Å². The van der Waals surface area contributed by atoms with Crippen molar-refractivity contribution >= 4 is 43.4 Å². The Hall–Kier alpha value is -7.48. The molecular weight excluding hydrogens is 723 g/mol. The number of fused-ring (bicyclic) bond motifs is 6. The minimum absolute atomic E-state index is 1.19. The number of para-hydroxylation sites is 1. The molecule has 0 bridgehead atoms. The Labute approximate surface area is 353 Å². The molecule has 0 aliphatic rings. The van der Waals surface area contributed by atoms with E-state index < -0.39 is 0 Å². The Bertz CT molecular complexity index is 3190. The predicted octanol–water partition coefficient (Wildman–Crippen LogP) is 16.4. The molecule has 0 unspecified atom stereocenters. The SMILES string of the molecule is Cc1ccc(-c2ccc3c(c2)c2c4ccccc4ccc2n3-c2ccccc2)cc1.Cc1ccc(-c2cccc(-c3ccccc3)c2)cc1.Cc1cccc2ccccc12. The second-order valence-electron chi connectivity index (χ2n) is 15.6. The first-order chi connectivity index (χ1) is 29.5. The largest absolute Gasteiger partial charge is 0.309 e. The van der Waals surface area contributed by atoms with Gasteiger partial charge in [0.15, 0.2) is 0 Å². The minimum Gasteiger partial charge on any atom is -0.309 e. The van der Waals surface area contributed by atoms with Crippen LogP contribution in [-0.2, 0) is 0 Å². The molecule has 0 aliphatic heterocycles. The lowest BCUT2D eigenvalue weighted by atomic mass is 9.99. The smallest absolute Gasteiger partial charge is 0.0547 e. The summed E-state index contributed by atoms with van der Waals surface area (Å²) in [6.45, 7) is 6.39. The molecule has 1 nitrogen and oxygen atoms in total. The van der Waals surface area contributed by atoms with Crippen molar-refractivity contribution in [3.8, 4) is 39.1 Å². The van der Waals surface area contributed by atoms with E-state index in [4.69, 9.17) is 0 Å². The summed E-state index contributed by atoms with van der Waals surface area (Å²) < 4.78 is 2.38. The van der Waals surface area contributed by atoms with E-state index >= 15 is 0 Å². The van der Waals surface area contributed by atoms with Crippen molar-refractivity contribution in [3.63, 3.8) is 0 Å². The van der Waals surface area contributed by atoms with Crippen LogP contribution in [0.15, 0.2) is 231 Å². The van der Waals surface area contributed by atoms with Crippen LogP contribution in [0.1, 0.15) is 16.7 Å². The Balaban J connectivity index is 0.000000131. The molecule has 288 valence electrons. The van der Waals surface area contributed by atoms with Crippen molar-refractivity contribution < 1.29 is 0 Å². The zero-order valence-electron chi connectivity index (χ0n) is 34.4. The average Bonchev–Trinajstić information content (AvgIpc) is 3.65. The standard InChI is InChI=1S/C29H21N.C19H16.C11H10/c1-20-11-13-21(14-12-20)23-16-17-27-26(19-23)29-25-10-6-5-7-22(25)15-18-28(29)30(27)24-8-3-2-4-9-24;1-15-10-12-17(13-11-15)19-9-5-8-18(14-19)16-6-3-2-4-7-16;1-9-5-4-7-10-6-2-3-8-11(9)10/h2-19H,1H3;2-14H,1H3;2-8H,1H3. The number of nitrogens with zero attached hydrogens (tertiary/aromatic N) is 1. The molecule has 0 atom stereocenters. The molecule has 60 heavy (non-hydrogen) atoms. The van der Waals surface area contributed by atoms with Gasteiger partial charge in [-0.1, -0.05) is 205 Å². The maximum Gasteiger partial charge on any atom is 0.0547 e. The molecule has 0 saturated carbocycles. The molecule has 0 spiro atoms. The molecule has 1 heteroatoms. The third-order valence-corrected chi connectivity index (χ3v) is 11.4. The van der Waals surface area contributed by atoms with Gasteiger partial charge in [0.2, 0.25) is 0 Å². The number of rotatable bonds is 4. The maximum absolute atomic E-state index is 2.38. The number of aryl methyl sites for hydroxylation is 3. The van der Waals surface area contributed by atoms with Gasteiger partial charge in [-0.2, -0.15) is 0 Å². The van der Waals surface area contributed by atoms with Crippen LogP contribution < -0.4 is 0 Å². The van der Waals surface area contributed by atoms with Gasteiger partial charge < -0.3 is 4.57 Å². The first kappa shape index (κ1) is 38.1. The molecule has 1 aromatic heterocycles. The summed E-state index contributed by atoms with van der Waals surface area (Å²) in [5.74, 6) is 0. The third kappa shape index (κ3) is 7.99. The molecule has 0 fully saturated rings. The van der Waals surface area contributed by atoms with Gasteiger partial charge in [0.1, 0.15) is 0 Å². The fourth-order valence-electron chi connectivity index (χ4n) is 8.21. The fourth-order valence-corrected chi connectivity index (χ4v) is 8.21. The van der Waals surface area contributed by atoms with E-state index in [2.05, 4.69) is 250 Å². The first-order valence-electron chi connectivity index (χ1n) is 20.8. The molecule has 11 rings (SSSR count). The van der Waals surface area contributed by atoms with Gasteiger partial charge >= 0.3 is 0 Å². The predicted molar refractivity (Wildman–Crippen MR) is 259 cm³/mol. The highest BCUT2D eigenvalue weighted by Crippen LogP contribution is 2.39. The third-order valence-electron chi connectivity index (χ3n) is 11.4. The topological polar surface area (TPSA) is 4.93 Å². The summed E-state index contributed by atoms with van der Waals surface area (Å²) in [5.41, 5.74) is 15.2. The highest BCUT2D eigenvalue weighted by molar-refractivity contribution is 6.21. The monoisotopic (exact) mass is 769 g/mol. The van der Waals surface area contributed by atoms with Crippen LogP contribution in [0, 0.1) is 20.8 Å².